The molecule has 0 aliphatic carbocycles. The summed E-state index contributed by atoms with van der Waals surface area (Å²) >= 11 is 0. The summed E-state index contributed by atoms with van der Waals surface area (Å²) in [6, 6.07) is 15.0. The molecule has 5 aromatic carbocycles. The second-order valence-electron chi connectivity index (χ2n) is 15.0. The van der Waals surface area contributed by atoms with Crippen LogP contribution < -0.4 is 5.32 Å². The van der Waals surface area contributed by atoms with Crippen molar-refractivity contribution in [2.45, 2.75) is 65.5 Å². The van der Waals surface area contributed by atoms with E-state index >= 15 is 0 Å². The van der Waals surface area contributed by atoms with Crippen LogP contribution in [0.5, 0.6) is 5.75 Å². The fourth-order valence-electron chi connectivity index (χ4n) is 7.01. The third kappa shape index (κ3) is 10.0. The third-order valence-electron chi connectivity index (χ3n) is 10.6. The summed E-state index contributed by atoms with van der Waals surface area (Å²) in [5, 5.41) is 19.9. The van der Waals surface area contributed by atoms with E-state index in [1.807, 2.05) is 6.92 Å². The molecule has 0 bridgehead atoms. The molecule has 1 heterocycles. The fraction of sp³-hybridized carbons (Fsp3) is 0.308. The van der Waals surface area contributed by atoms with E-state index in [1.165, 1.54) is 36.4 Å². The Morgan fingerprint density at radius 1 is 0.800 bits per heavy atom. The van der Waals surface area contributed by atoms with Crippen LogP contribution in [-0.2, 0) is 44.9 Å². The van der Waals surface area contributed by atoms with E-state index in [2.05, 4.69) is 22.5 Å². The third-order valence-corrected chi connectivity index (χ3v) is 14.9. The normalized spacial score (nSPS) is 15.7. The zero-order chi connectivity index (χ0) is 43.8. The van der Waals surface area contributed by atoms with Gasteiger partial charge in [-0.15, -0.1) is 10.2 Å². The Morgan fingerprint density at radius 2 is 1.47 bits per heavy atom. The molecule has 6 rings (SSSR count). The van der Waals surface area contributed by atoms with E-state index in [0.717, 1.165) is 43.9 Å². The topological polar surface area (TPSA) is 289 Å². The quantitative estimate of drug-likeness (QED) is 0.0891. The first kappa shape index (κ1) is 44.7. The minimum absolute atomic E-state index is 0.0178. The van der Waals surface area contributed by atoms with Crippen LogP contribution in [0.3, 0.4) is 0 Å². The lowest BCUT2D eigenvalue weighted by Gasteiger charge is -2.34. The number of nitrogens with one attached hydrogen (secondary N) is 1. The van der Waals surface area contributed by atoms with E-state index in [-0.39, 0.29) is 38.3 Å². The van der Waals surface area contributed by atoms with Crippen molar-refractivity contribution in [3.8, 4) is 5.75 Å². The lowest BCUT2D eigenvalue weighted by molar-refractivity contribution is 0.0170. The van der Waals surface area contributed by atoms with Crippen LogP contribution in [-0.4, -0.2) is 77.3 Å². The number of sulfone groups is 1. The van der Waals surface area contributed by atoms with Crippen molar-refractivity contribution in [1.82, 2.24) is 0 Å². The summed E-state index contributed by atoms with van der Waals surface area (Å²) < 4.78 is 144. The molecule has 1 saturated heterocycles. The van der Waals surface area contributed by atoms with Gasteiger partial charge in [-0.1, -0.05) is 50.6 Å². The number of ether oxygens (including phenoxy) is 1. The average molecular weight is 901 g/mol. The fourth-order valence-corrected chi connectivity index (χ4v) is 10.5. The van der Waals surface area contributed by atoms with Crippen LogP contribution in [0.2, 0.25) is 0 Å². The van der Waals surface area contributed by atoms with Gasteiger partial charge in [0.15, 0.2) is 15.6 Å². The molecule has 17 nitrogen and oxygen atoms in total. The van der Waals surface area contributed by atoms with Gasteiger partial charge in [-0.05, 0) is 96.3 Å². The number of azo groups is 1. The van der Waals surface area contributed by atoms with Crippen LogP contribution in [0.15, 0.2) is 109 Å². The molecular weight excluding hydrogens is 863 g/mol. The maximum absolute atomic E-state index is 13.4. The number of amides is 1. The lowest BCUT2D eigenvalue weighted by Crippen LogP contribution is -2.27. The number of fused-ring (bicyclic) bond motifs is 2. The van der Waals surface area contributed by atoms with Gasteiger partial charge >= 0.3 is 0 Å². The van der Waals surface area contributed by atoms with Crippen molar-refractivity contribution >= 4 is 84.7 Å². The van der Waals surface area contributed by atoms with Crippen molar-refractivity contribution in [3.05, 3.63) is 84.4 Å². The first-order chi connectivity index (χ1) is 28.0. The van der Waals surface area contributed by atoms with Crippen LogP contribution in [0.25, 0.3) is 21.5 Å². The van der Waals surface area contributed by atoms with Gasteiger partial charge in [0.25, 0.3) is 5.91 Å². The summed E-state index contributed by atoms with van der Waals surface area (Å²) in [6.07, 6.45) is 4.00. The molecule has 1 fully saturated rings. The zero-order valence-corrected chi connectivity index (χ0v) is 35.3. The van der Waals surface area contributed by atoms with E-state index in [4.69, 9.17) is 4.74 Å². The van der Waals surface area contributed by atoms with Gasteiger partial charge in [0.05, 0.1) is 31.0 Å². The van der Waals surface area contributed by atoms with Crippen molar-refractivity contribution in [2.75, 3.05) is 24.3 Å². The van der Waals surface area contributed by atoms with Gasteiger partial charge in [-0.3, -0.25) is 4.79 Å². The van der Waals surface area contributed by atoms with Gasteiger partial charge in [-0.2, -0.15) is 0 Å². The molecule has 1 unspecified atom stereocenters. The number of phenolic OH excluding ortho intramolecular Hbond substituents is 1. The Labute approximate surface area is 346 Å². The Hall–Kier alpha value is -4.87. The largest absolute Gasteiger partial charge is 0.744 e. The van der Waals surface area contributed by atoms with Crippen LogP contribution in [0.4, 0.5) is 17.1 Å². The molecule has 21 heteroatoms. The highest BCUT2D eigenvalue weighted by Gasteiger charge is 2.28. The number of carbonyl (C=O) groups excluding carboxylic acids is 1. The molecule has 0 radical (unpaired) electrons. The molecule has 5 aromatic rings. The molecule has 2 N–H and O–H groups in total. The van der Waals surface area contributed by atoms with E-state index in [1.54, 1.807) is 6.07 Å². The minimum atomic E-state index is -5.61. The Morgan fingerprint density at radius 3 is 2.10 bits per heavy atom. The van der Waals surface area contributed by atoms with Gasteiger partial charge in [0, 0.05) is 29.5 Å². The Kier molecular flexibility index (Phi) is 12.6. The van der Waals surface area contributed by atoms with Crippen molar-refractivity contribution in [3.63, 3.8) is 0 Å². The summed E-state index contributed by atoms with van der Waals surface area (Å²) in [4.78, 5) is 9.69. The smallest absolute Gasteiger partial charge is 0.255 e. The predicted molar refractivity (Wildman–Crippen MR) is 215 cm³/mol. The van der Waals surface area contributed by atoms with Gasteiger partial charge in [0.1, 0.15) is 41.7 Å². The van der Waals surface area contributed by atoms with Crippen LogP contribution in [0, 0.1) is 11.3 Å². The Bertz CT molecular complexity index is 2990. The highest BCUT2D eigenvalue weighted by atomic mass is 32.2. The van der Waals surface area contributed by atoms with E-state index < -0.39 is 94.4 Å². The van der Waals surface area contributed by atoms with E-state index in [9.17, 15) is 57.2 Å². The predicted octanol–water partition coefficient (Wildman–Crippen LogP) is 6.48. The highest BCUT2D eigenvalue weighted by molar-refractivity contribution is 7.91. The summed E-state index contributed by atoms with van der Waals surface area (Å²) in [5.74, 6) is -2.12. The number of benzene rings is 5. The number of nitrogens with zero attached hydrogens (tertiary/aromatic N) is 2. The number of hydrogen-bond acceptors (Lipinski definition) is 16. The van der Waals surface area contributed by atoms with E-state index in [0.29, 0.717) is 37.8 Å². The molecule has 0 saturated carbocycles. The second-order valence-corrected chi connectivity index (χ2v) is 21.1. The summed E-state index contributed by atoms with van der Waals surface area (Å²) in [6.45, 7) is 5.58. The van der Waals surface area contributed by atoms with Gasteiger partial charge < -0.3 is 28.8 Å². The standard InChI is InChI=1S/C39H41N3O14S4/c1-24(12-14-39(2)15-17-56-18-16-39)13-19-57(45,46)28-9-10-30-26(20-28)8-11-31(37(30)60(53,54)55)41-42-35-33(59(50,51)52)22-27-21-29(58(47,48)49)23-32(34(27)36(35)43)40-38(44)25-6-4-3-5-7-25/h3-11,20-24,43H,12-19H2,1-2H3,(H,40,44)(H,47,48,49)(H,50,51,52)(H,53,54,55)/p-3. The van der Waals surface area contributed by atoms with Gasteiger partial charge in [-0.25, -0.2) is 33.7 Å². The average Bonchev–Trinajstić information content (AvgIpc) is 3.17. The van der Waals surface area contributed by atoms with Crippen LogP contribution in [0.1, 0.15) is 56.3 Å². The first-order valence-electron chi connectivity index (χ1n) is 18.3. The molecular formula is C39H38N3O14S4-3. The molecule has 1 amide bonds. The number of anilines is 1. The number of phenols is 1. The van der Waals surface area contributed by atoms with Gasteiger partial charge in [0.2, 0.25) is 0 Å². The molecule has 0 aromatic heterocycles. The first-order valence-corrected chi connectivity index (χ1v) is 24.2. The molecule has 0 spiro atoms. The summed E-state index contributed by atoms with van der Waals surface area (Å²) in [5.41, 5.74) is -2.14. The molecule has 1 aliphatic rings. The Balaban J connectivity index is 1.38. The maximum atomic E-state index is 13.4. The van der Waals surface area contributed by atoms with Crippen molar-refractivity contribution < 1.29 is 62.0 Å². The van der Waals surface area contributed by atoms with Crippen molar-refractivity contribution in [1.29, 1.82) is 0 Å². The number of hydrogen-bond donors (Lipinski definition) is 2. The SMILES string of the molecule is CC(CCC1(C)CCOCC1)CCS(=O)(=O)c1ccc2c(S(=O)(=O)[O-])c(N=Nc3c(S(=O)(=O)[O-])cc4cc(S(=O)(=O)[O-])cc(NC(=O)c5ccccc5)c4c3O)ccc2c1. The number of aromatic hydroxyl groups is 1. The molecule has 60 heavy (non-hydrogen) atoms. The maximum Gasteiger partial charge on any atom is 0.255 e. The number of rotatable bonds is 14. The second kappa shape index (κ2) is 16.9. The number of carbonyl (C=O) groups is 1. The molecule has 1 aliphatic heterocycles. The highest BCUT2D eigenvalue weighted by Crippen LogP contribution is 2.46. The molecule has 320 valence electrons. The van der Waals surface area contributed by atoms with Crippen molar-refractivity contribution in [2.24, 2.45) is 21.6 Å². The summed E-state index contributed by atoms with van der Waals surface area (Å²) in [7, 11) is -20.2. The minimum Gasteiger partial charge on any atom is -0.744 e. The lowest BCUT2D eigenvalue weighted by atomic mass is 9.77. The zero-order valence-electron chi connectivity index (χ0n) is 32.0. The monoisotopic (exact) mass is 900 g/mol. The van der Waals surface area contributed by atoms with Crippen LogP contribution >= 0.6 is 0 Å². The molecule has 1 atom stereocenters.